The van der Waals surface area contributed by atoms with Gasteiger partial charge in [-0.05, 0) is 50.2 Å². The Balaban J connectivity index is 1.95. The molecule has 0 aliphatic heterocycles. The lowest BCUT2D eigenvalue weighted by Crippen LogP contribution is -2.30. The number of rotatable bonds is 5. The molecule has 5 nitrogen and oxygen atoms in total. The molecule has 0 aromatic heterocycles. The largest absolute Gasteiger partial charge is 0.481 e. The van der Waals surface area contributed by atoms with Gasteiger partial charge in [-0.25, -0.2) is 0 Å². The Morgan fingerprint density at radius 1 is 1.04 bits per heavy atom. The minimum Gasteiger partial charge on any atom is -0.481 e. The molecule has 2 rings (SSSR count). The molecule has 126 valence electrons. The number of hydrogen-bond donors (Lipinski definition) is 1. The molecular formula is C19H22N2O3. The maximum Gasteiger partial charge on any atom is 0.265 e. The van der Waals surface area contributed by atoms with Crippen molar-refractivity contribution in [3.8, 4) is 5.75 Å². The normalized spacial score (nSPS) is 11.5. The number of anilines is 2. The summed E-state index contributed by atoms with van der Waals surface area (Å²) in [5.41, 5.74) is 2.56. The van der Waals surface area contributed by atoms with Gasteiger partial charge in [-0.3, -0.25) is 9.59 Å². The van der Waals surface area contributed by atoms with Crippen LogP contribution in [0.3, 0.4) is 0 Å². The number of ether oxygens (including phenoxy) is 1. The van der Waals surface area contributed by atoms with Gasteiger partial charge in [0.25, 0.3) is 5.91 Å². The van der Waals surface area contributed by atoms with Gasteiger partial charge in [0, 0.05) is 25.3 Å². The molecule has 0 radical (unpaired) electrons. The summed E-state index contributed by atoms with van der Waals surface area (Å²) in [4.78, 5) is 25.1. The predicted octanol–water partition coefficient (Wildman–Crippen LogP) is 3.38. The number of amides is 2. The second kappa shape index (κ2) is 7.64. The summed E-state index contributed by atoms with van der Waals surface area (Å²) in [7, 11) is 1.70. The van der Waals surface area contributed by atoms with Crippen LogP contribution in [0.5, 0.6) is 5.75 Å². The molecule has 0 unspecified atom stereocenters. The van der Waals surface area contributed by atoms with Crippen molar-refractivity contribution in [2.45, 2.75) is 26.9 Å². The summed E-state index contributed by atoms with van der Waals surface area (Å²) in [5, 5.41) is 2.80. The molecular weight excluding hydrogens is 304 g/mol. The second-order valence-corrected chi connectivity index (χ2v) is 5.69. The van der Waals surface area contributed by atoms with Crippen LogP contribution in [0, 0.1) is 6.92 Å². The Bertz CT molecular complexity index is 708. The molecule has 2 amide bonds. The van der Waals surface area contributed by atoms with E-state index < -0.39 is 6.10 Å². The zero-order chi connectivity index (χ0) is 17.7. The summed E-state index contributed by atoms with van der Waals surface area (Å²) in [6.45, 7) is 5.19. The number of hydrogen-bond acceptors (Lipinski definition) is 3. The molecule has 1 N–H and O–H groups in total. The lowest BCUT2D eigenvalue weighted by atomic mass is 10.2. The lowest BCUT2D eigenvalue weighted by molar-refractivity contribution is -0.122. The van der Waals surface area contributed by atoms with E-state index in [1.165, 1.54) is 11.8 Å². The summed E-state index contributed by atoms with van der Waals surface area (Å²) >= 11 is 0. The summed E-state index contributed by atoms with van der Waals surface area (Å²) in [5.74, 6) is 0.372. The molecule has 0 aliphatic rings. The fourth-order valence-corrected chi connectivity index (χ4v) is 2.07. The van der Waals surface area contributed by atoms with Crippen LogP contribution in [0.15, 0.2) is 48.5 Å². The third-order valence-corrected chi connectivity index (χ3v) is 3.70. The van der Waals surface area contributed by atoms with E-state index in [2.05, 4.69) is 5.32 Å². The molecule has 0 spiro atoms. The SMILES string of the molecule is CC(=O)N(C)c1ccc(NC(=O)[C@H](C)Oc2ccc(C)cc2)cc1. The molecule has 0 aliphatic carbocycles. The van der Waals surface area contributed by atoms with E-state index in [0.717, 1.165) is 11.3 Å². The van der Waals surface area contributed by atoms with Gasteiger partial charge in [-0.15, -0.1) is 0 Å². The Morgan fingerprint density at radius 2 is 1.62 bits per heavy atom. The maximum absolute atomic E-state index is 12.2. The van der Waals surface area contributed by atoms with E-state index in [1.807, 2.05) is 31.2 Å². The first-order valence-corrected chi connectivity index (χ1v) is 7.75. The molecule has 0 bridgehead atoms. The Morgan fingerprint density at radius 3 is 2.17 bits per heavy atom. The van der Waals surface area contributed by atoms with Gasteiger partial charge < -0.3 is 15.0 Å². The van der Waals surface area contributed by atoms with Gasteiger partial charge in [0.1, 0.15) is 5.75 Å². The van der Waals surface area contributed by atoms with Crippen LogP contribution < -0.4 is 15.0 Å². The molecule has 0 saturated heterocycles. The quantitative estimate of drug-likeness (QED) is 0.916. The van der Waals surface area contributed by atoms with Crippen molar-refractivity contribution in [1.29, 1.82) is 0 Å². The van der Waals surface area contributed by atoms with E-state index in [1.54, 1.807) is 38.2 Å². The minimum absolute atomic E-state index is 0.0492. The minimum atomic E-state index is -0.618. The van der Waals surface area contributed by atoms with Crippen LogP contribution in [0.1, 0.15) is 19.4 Å². The molecule has 0 saturated carbocycles. The zero-order valence-electron chi connectivity index (χ0n) is 14.4. The average Bonchev–Trinajstić information content (AvgIpc) is 2.56. The number of nitrogens with zero attached hydrogens (tertiary/aromatic N) is 1. The number of nitrogens with one attached hydrogen (secondary N) is 1. The molecule has 24 heavy (non-hydrogen) atoms. The van der Waals surface area contributed by atoms with Gasteiger partial charge in [-0.2, -0.15) is 0 Å². The van der Waals surface area contributed by atoms with Gasteiger partial charge in [-0.1, -0.05) is 17.7 Å². The first-order chi connectivity index (χ1) is 11.4. The summed E-state index contributed by atoms with van der Waals surface area (Å²) < 4.78 is 5.63. The summed E-state index contributed by atoms with van der Waals surface area (Å²) in [6.07, 6.45) is -0.618. The zero-order valence-corrected chi connectivity index (χ0v) is 14.4. The Labute approximate surface area is 142 Å². The molecule has 5 heteroatoms. The second-order valence-electron chi connectivity index (χ2n) is 5.69. The van der Waals surface area contributed by atoms with Crippen molar-refractivity contribution < 1.29 is 14.3 Å². The highest BCUT2D eigenvalue weighted by Gasteiger charge is 2.15. The Hall–Kier alpha value is -2.82. The molecule has 0 heterocycles. The number of carbonyl (C=O) groups excluding carboxylic acids is 2. The fourth-order valence-electron chi connectivity index (χ4n) is 2.07. The van der Waals surface area contributed by atoms with E-state index in [0.29, 0.717) is 11.4 Å². The van der Waals surface area contributed by atoms with E-state index in [-0.39, 0.29) is 11.8 Å². The third-order valence-electron chi connectivity index (χ3n) is 3.70. The highest BCUT2D eigenvalue weighted by Crippen LogP contribution is 2.18. The highest BCUT2D eigenvalue weighted by molar-refractivity contribution is 5.95. The van der Waals surface area contributed by atoms with Crippen molar-refractivity contribution in [2.75, 3.05) is 17.3 Å². The van der Waals surface area contributed by atoms with Crippen LogP contribution in [0.25, 0.3) is 0 Å². The van der Waals surface area contributed by atoms with Crippen LogP contribution in [0.4, 0.5) is 11.4 Å². The van der Waals surface area contributed by atoms with Gasteiger partial charge in [0.15, 0.2) is 6.10 Å². The van der Waals surface area contributed by atoms with E-state index >= 15 is 0 Å². The maximum atomic E-state index is 12.2. The third kappa shape index (κ3) is 4.59. The number of aryl methyl sites for hydroxylation is 1. The predicted molar refractivity (Wildman–Crippen MR) is 95.4 cm³/mol. The monoisotopic (exact) mass is 326 g/mol. The van der Waals surface area contributed by atoms with Crippen LogP contribution >= 0.6 is 0 Å². The van der Waals surface area contributed by atoms with Crippen LogP contribution in [-0.4, -0.2) is 25.0 Å². The fraction of sp³-hybridized carbons (Fsp3) is 0.263. The average molecular weight is 326 g/mol. The van der Waals surface area contributed by atoms with E-state index in [9.17, 15) is 9.59 Å². The van der Waals surface area contributed by atoms with Gasteiger partial charge >= 0.3 is 0 Å². The van der Waals surface area contributed by atoms with Crippen LogP contribution in [-0.2, 0) is 9.59 Å². The van der Waals surface area contributed by atoms with Crippen molar-refractivity contribution in [3.05, 3.63) is 54.1 Å². The van der Waals surface area contributed by atoms with Gasteiger partial charge in [0.05, 0.1) is 0 Å². The molecule has 2 aromatic rings. The van der Waals surface area contributed by atoms with E-state index in [4.69, 9.17) is 4.74 Å². The van der Waals surface area contributed by atoms with Gasteiger partial charge in [0.2, 0.25) is 5.91 Å². The highest BCUT2D eigenvalue weighted by atomic mass is 16.5. The standard InChI is InChI=1S/C19H22N2O3/c1-13-5-11-18(12-6-13)24-14(2)19(23)20-16-7-9-17(10-8-16)21(4)15(3)22/h5-12,14H,1-4H3,(H,20,23)/t14-/m0/s1. The smallest absolute Gasteiger partial charge is 0.265 e. The van der Waals surface area contributed by atoms with Crippen molar-refractivity contribution >= 4 is 23.2 Å². The first-order valence-electron chi connectivity index (χ1n) is 7.75. The summed E-state index contributed by atoms with van der Waals surface area (Å²) in [6, 6.07) is 14.6. The van der Waals surface area contributed by atoms with Crippen molar-refractivity contribution in [3.63, 3.8) is 0 Å². The number of benzene rings is 2. The number of carbonyl (C=O) groups is 2. The molecule has 1 atom stereocenters. The Kier molecular flexibility index (Phi) is 5.58. The lowest BCUT2D eigenvalue weighted by Gasteiger charge is -2.17. The van der Waals surface area contributed by atoms with Crippen molar-refractivity contribution in [2.24, 2.45) is 0 Å². The van der Waals surface area contributed by atoms with Crippen LogP contribution in [0.2, 0.25) is 0 Å². The molecule has 0 fully saturated rings. The van der Waals surface area contributed by atoms with Crippen molar-refractivity contribution in [1.82, 2.24) is 0 Å². The topological polar surface area (TPSA) is 58.6 Å². The first kappa shape index (κ1) is 17.5. The molecule has 2 aromatic carbocycles.